The highest BCUT2D eigenvalue weighted by Gasteiger charge is 2.12. The lowest BCUT2D eigenvalue weighted by molar-refractivity contribution is -0.121. The summed E-state index contributed by atoms with van der Waals surface area (Å²) < 4.78 is 5.09. The molecule has 0 aromatic heterocycles. The summed E-state index contributed by atoms with van der Waals surface area (Å²) in [5.41, 5.74) is 0.755. The second-order valence-electron chi connectivity index (χ2n) is 3.72. The molecular weight excluding hydrogens is 230 g/mol. The van der Waals surface area contributed by atoms with E-state index < -0.39 is 6.04 Å². The van der Waals surface area contributed by atoms with Crippen LogP contribution in [0.3, 0.4) is 0 Å². The van der Waals surface area contributed by atoms with Crippen molar-refractivity contribution in [2.75, 3.05) is 19.0 Å². The van der Waals surface area contributed by atoms with Crippen LogP contribution < -0.4 is 15.4 Å². The average molecular weight is 247 g/mol. The van der Waals surface area contributed by atoms with Gasteiger partial charge in [0.15, 0.2) is 0 Å². The monoisotopic (exact) mass is 247 g/mol. The van der Waals surface area contributed by atoms with Crippen LogP contribution in [0.25, 0.3) is 0 Å². The molecular formula is C13H17N3O2. The molecule has 0 aliphatic rings. The predicted octanol–water partition coefficient (Wildman–Crippen LogP) is 1.53. The summed E-state index contributed by atoms with van der Waals surface area (Å²) in [6.07, 6.45) is 0.127. The van der Waals surface area contributed by atoms with Gasteiger partial charge in [0.05, 0.1) is 19.6 Å². The molecule has 0 saturated carbocycles. The molecule has 1 rings (SSSR count). The van der Waals surface area contributed by atoms with E-state index in [2.05, 4.69) is 16.7 Å². The van der Waals surface area contributed by atoms with Crippen LogP contribution in [0.2, 0.25) is 0 Å². The maximum absolute atomic E-state index is 11.4. The first-order valence-corrected chi connectivity index (χ1v) is 5.76. The zero-order chi connectivity index (χ0) is 13.4. The Balaban J connectivity index is 2.62. The van der Waals surface area contributed by atoms with Crippen LogP contribution >= 0.6 is 0 Å². The third-order valence-corrected chi connectivity index (χ3v) is 2.33. The Bertz CT molecular complexity index is 440. The molecule has 0 aliphatic carbocycles. The van der Waals surface area contributed by atoms with Crippen molar-refractivity contribution >= 4 is 11.6 Å². The van der Waals surface area contributed by atoms with E-state index in [9.17, 15) is 4.79 Å². The largest absolute Gasteiger partial charge is 0.497 e. The minimum absolute atomic E-state index is 0.127. The number of anilines is 1. The number of carbonyl (C=O) groups excluding carboxylic acids is 1. The van der Waals surface area contributed by atoms with Gasteiger partial charge in [-0.1, -0.05) is 6.07 Å². The molecule has 0 bridgehead atoms. The van der Waals surface area contributed by atoms with Gasteiger partial charge in [0.1, 0.15) is 11.8 Å². The number of nitrogens with zero attached hydrogens (tertiary/aromatic N) is 1. The lowest BCUT2D eigenvalue weighted by atomic mass is 10.2. The zero-order valence-electron chi connectivity index (χ0n) is 10.6. The molecule has 5 heteroatoms. The number of benzene rings is 1. The van der Waals surface area contributed by atoms with E-state index in [1.54, 1.807) is 13.2 Å². The van der Waals surface area contributed by atoms with Gasteiger partial charge < -0.3 is 15.4 Å². The molecule has 1 atom stereocenters. The number of carbonyl (C=O) groups is 1. The molecule has 0 aliphatic heterocycles. The average Bonchev–Trinajstić information content (AvgIpc) is 2.38. The standard InChI is InChI=1S/C13H17N3O2/c1-3-15-13(17)8-11(9-14)16-10-5-4-6-12(7-10)18-2/h4-7,11,16H,3,8H2,1-2H3,(H,15,17). The molecule has 0 spiro atoms. The second kappa shape index (κ2) is 7.17. The Labute approximate surface area is 107 Å². The van der Waals surface area contributed by atoms with E-state index in [4.69, 9.17) is 10.00 Å². The molecule has 96 valence electrons. The third-order valence-electron chi connectivity index (χ3n) is 2.33. The van der Waals surface area contributed by atoms with Crippen LogP contribution in [0.4, 0.5) is 5.69 Å². The van der Waals surface area contributed by atoms with Crippen LogP contribution in [0.15, 0.2) is 24.3 Å². The lowest BCUT2D eigenvalue weighted by Crippen LogP contribution is -2.30. The van der Waals surface area contributed by atoms with Gasteiger partial charge in [-0.3, -0.25) is 4.79 Å². The topological polar surface area (TPSA) is 74.2 Å². The number of hydrogen-bond acceptors (Lipinski definition) is 4. The van der Waals surface area contributed by atoms with Gasteiger partial charge in [0.2, 0.25) is 5.91 Å². The van der Waals surface area contributed by atoms with Crippen molar-refractivity contribution in [1.29, 1.82) is 5.26 Å². The summed E-state index contributed by atoms with van der Waals surface area (Å²) in [7, 11) is 1.58. The molecule has 0 radical (unpaired) electrons. The van der Waals surface area contributed by atoms with Gasteiger partial charge in [-0.2, -0.15) is 5.26 Å². The van der Waals surface area contributed by atoms with E-state index >= 15 is 0 Å². The maximum atomic E-state index is 11.4. The highest BCUT2D eigenvalue weighted by Crippen LogP contribution is 2.17. The highest BCUT2D eigenvalue weighted by atomic mass is 16.5. The van der Waals surface area contributed by atoms with Gasteiger partial charge >= 0.3 is 0 Å². The molecule has 1 unspecified atom stereocenters. The molecule has 18 heavy (non-hydrogen) atoms. The Morgan fingerprint density at radius 3 is 2.94 bits per heavy atom. The quantitative estimate of drug-likeness (QED) is 0.799. The zero-order valence-corrected chi connectivity index (χ0v) is 10.6. The van der Waals surface area contributed by atoms with Gasteiger partial charge in [0.25, 0.3) is 0 Å². The predicted molar refractivity (Wildman–Crippen MR) is 69.3 cm³/mol. The van der Waals surface area contributed by atoms with E-state index in [0.717, 1.165) is 5.69 Å². The molecule has 1 amide bonds. The number of nitriles is 1. The minimum Gasteiger partial charge on any atom is -0.497 e. The minimum atomic E-state index is -0.552. The Morgan fingerprint density at radius 2 is 2.33 bits per heavy atom. The molecule has 2 N–H and O–H groups in total. The summed E-state index contributed by atoms with van der Waals surface area (Å²) in [5, 5.41) is 14.7. The first kappa shape index (κ1) is 13.8. The fourth-order valence-corrected chi connectivity index (χ4v) is 1.50. The number of nitrogens with one attached hydrogen (secondary N) is 2. The van der Waals surface area contributed by atoms with Crippen molar-refractivity contribution in [3.63, 3.8) is 0 Å². The molecule has 1 aromatic carbocycles. The second-order valence-corrected chi connectivity index (χ2v) is 3.72. The summed E-state index contributed by atoms with van der Waals surface area (Å²) in [5.74, 6) is 0.564. The number of ether oxygens (including phenoxy) is 1. The number of methoxy groups -OCH3 is 1. The smallest absolute Gasteiger partial charge is 0.223 e. The normalized spacial score (nSPS) is 11.2. The van der Waals surface area contributed by atoms with Crippen LogP contribution in [0, 0.1) is 11.3 Å². The van der Waals surface area contributed by atoms with Crippen LogP contribution in [-0.4, -0.2) is 25.6 Å². The van der Waals surface area contributed by atoms with Crippen molar-refractivity contribution < 1.29 is 9.53 Å². The third kappa shape index (κ3) is 4.34. The van der Waals surface area contributed by atoms with Crippen molar-refractivity contribution in [1.82, 2.24) is 5.32 Å². The molecule has 0 fully saturated rings. The molecule has 5 nitrogen and oxygen atoms in total. The highest BCUT2D eigenvalue weighted by molar-refractivity contribution is 5.77. The van der Waals surface area contributed by atoms with E-state index in [1.165, 1.54) is 0 Å². The van der Waals surface area contributed by atoms with E-state index in [1.807, 2.05) is 25.1 Å². The van der Waals surface area contributed by atoms with Crippen molar-refractivity contribution in [2.45, 2.75) is 19.4 Å². The first-order chi connectivity index (χ1) is 8.69. The first-order valence-electron chi connectivity index (χ1n) is 5.76. The number of hydrogen-bond donors (Lipinski definition) is 2. The summed E-state index contributed by atoms with van der Waals surface area (Å²) in [6, 6.07) is 8.75. The van der Waals surface area contributed by atoms with Crippen LogP contribution in [0.1, 0.15) is 13.3 Å². The SMILES string of the molecule is CCNC(=O)CC(C#N)Nc1cccc(OC)c1. The molecule has 1 aromatic rings. The summed E-state index contributed by atoms with van der Waals surface area (Å²) in [6.45, 7) is 2.41. The maximum Gasteiger partial charge on any atom is 0.223 e. The van der Waals surface area contributed by atoms with Crippen molar-refractivity contribution in [2.24, 2.45) is 0 Å². The number of rotatable bonds is 6. The molecule has 0 heterocycles. The Hall–Kier alpha value is -2.22. The Kier molecular flexibility index (Phi) is 5.52. The summed E-state index contributed by atoms with van der Waals surface area (Å²) in [4.78, 5) is 11.4. The number of amides is 1. The van der Waals surface area contributed by atoms with Crippen LogP contribution in [-0.2, 0) is 4.79 Å². The van der Waals surface area contributed by atoms with Gasteiger partial charge in [-0.25, -0.2) is 0 Å². The van der Waals surface area contributed by atoms with Crippen molar-refractivity contribution in [3.05, 3.63) is 24.3 Å². The van der Waals surface area contributed by atoms with Crippen LogP contribution in [0.5, 0.6) is 5.75 Å². The van der Waals surface area contributed by atoms with Gasteiger partial charge in [-0.05, 0) is 19.1 Å². The summed E-state index contributed by atoms with van der Waals surface area (Å²) >= 11 is 0. The fraction of sp³-hybridized carbons (Fsp3) is 0.385. The van der Waals surface area contributed by atoms with Crippen molar-refractivity contribution in [3.8, 4) is 11.8 Å². The lowest BCUT2D eigenvalue weighted by Gasteiger charge is -2.13. The van der Waals surface area contributed by atoms with Gasteiger partial charge in [-0.15, -0.1) is 0 Å². The van der Waals surface area contributed by atoms with E-state index in [0.29, 0.717) is 12.3 Å². The Morgan fingerprint density at radius 1 is 1.56 bits per heavy atom. The fourth-order valence-electron chi connectivity index (χ4n) is 1.50. The molecule has 0 saturated heterocycles. The van der Waals surface area contributed by atoms with Gasteiger partial charge in [0, 0.05) is 18.3 Å². The van der Waals surface area contributed by atoms with E-state index in [-0.39, 0.29) is 12.3 Å².